The Morgan fingerprint density at radius 2 is 1.78 bits per heavy atom. The van der Waals surface area contributed by atoms with E-state index in [1.807, 2.05) is 0 Å². The summed E-state index contributed by atoms with van der Waals surface area (Å²) in [6.45, 7) is 7.16. The van der Waals surface area contributed by atoms with Crippen molar-refractivity contribution in [2.75, 3.05) is 6.54 Å². The van der Waals surface area contributed by atoms with E-state index in [0.29, 0.717) is 6.54 Å². The second-order valence-electron chi connectivity index (χ2n) is 5.52. The van der Waals surface area contributed by atoms with Crippen molar-refractivity contribution in [3.8, 4) is 6.07 Å². The number of nitrogens with one attached hydrogen (secondary N) is 1. The maximum atomic E-state index is 13.5. The highest BCUT2D eigenvalue weighted by Crippen LogP contribution is 2.18. The molecule has 0 aromatic heterocycles. The van der Waals surface area contributed by atoms with Crippen molar-refractivity contribution in [2.24, 2.45) is 5.41 Å². The highest BCUT2D eigenvalue weighted by molar-refractivity contribution is 5.34. The first kappa shape index (κ1) is 14.6. The van der Waals surface area contributed by atoms with E-state index in [9.17, 15) is 8.78 Å². The summed E-state index contributed by atoms with van der Waals surface area (Å²) >= 11 is 0. The Bertz CT molecular complexity index is 433. The number of benzene rings is 1. The van der Waals surface area contributed by atoms with E-state index in [1.165, 1.54) is 0 Å². The summed E-state index contributed by atoms with van der Waals surface area (Å²) in [4.78, 5) is 0. The first-order valence-corrected chi connectivity index (χ1v) is 5.92. The number of hydrogen-bond acceptors (Lipinski definition) is 2. The quantitative estimate of drug-likeness (QED) is 0.834. The van der Waals surface area contributed by atoms with Gasteiger partial charge < -0.3 is 5.32 Å². The molecule has 0 spiro atoms. The van der Waals surface area contributed by atoms with Crippen LogP contribution in [0.4, 0.5) is 8.78 Å². The van der Waals surface area contributed by atoms with E-state index in [0.717, 1.165) is 18.6 Å². The van der Waals surface area contributed by atoms with Gasteiger partial charge in [0.1, 0.15) is 11.6 Å². The Kier molecular flexibility index (Phi) is 4.80. The topological polar surface area (TPSA) is 35.8 Å². The smallest absolute Gasteiger partial charge is 0.131 e. The molecule has 1 aromatic carbocycles. The van der Waals surface area contributed by atoms with Crippen molar-refractivity contribution in [2.45, 2.75) is 33.7 Å². The zero-order valence-corrected chi connectivity index (χ0v) is 11.0. The third-order valence-electron chi connectivity index (χ3n) is 2.62. The Hall–Kier alpha value is -1.47. The fourth-order valence-electron chi connectivity index (χ4n) is 1.51. The van der Waals surface area contributed by atoms with Crippen LogP contribution >= 0.6 is 0 Å². The summed E-state index contributed by atoms with van der Waals surface area (Å²) in [7, 11) is 0. The molecular weight excluding hydrogens is 234 g/mol. The summed E-state index contributed by atoms with van der Waals surface area (Å²) in [5, 5.41) is 11.6. The van der Waals surface area contributed by atoms with Gasteiger partial charge in [-0.15, -0.1) is 0 Å². The molecule has 18 heavy (non-hydrogen) atoms. The number of halogens is 2. The molecule has 1 rings (SSSR count). The maximum Gasteiger partial charge on any atom is 0.131 e. The molecule has 1 aromatic rings. The van der Waals surface area contributed by atoms with Gasteiger partial charge in [-0.05, 0) is 30.5 Å². The van der Waals surface area contributed by atoms with Crippen LogP contribution in [0.5, 0.6) is 0 Å². The van der Waals surface area contributed by atoms with Crippen LogP contribution in [0.3, 0.4) is 0 Å². The van der Waals surface area contributed by atoms with Crippen LogP contribution in [0, 0.1) is 28.4 Å². The van der Waals surface area contributed by atoms with Gasteiger partial charge in [-0.25, -0.2) is 8.78 Å². The van der Waals surface area contributed by atoms with Crippen LogP contribution in [0.25, 0.3) is 0 Å². The number of hydrogen-bond donors (Lipinski definition) is 1. The van der Waals surface area contributed by atoms with E-state index < -0.39 is 11.6 Å². The Morgan fingerprint density at radius 1 is 1.22 bits per heavy atom. The van der Waals surface area contributed by atoms with Gasteiger partial charge in [0.25, 0.3) is 0 Å². The highest BCUT2D eigenvalue weighted by Gasteiger charge is 2.12. The average Bonchev–Trinajstić information content (AvgIpc) is 2.25. The lowest BCUT2D eigenvalue weighted by Crippen LogP contribution is -2.21. The Labute approximate surface area is 107 Å². The predicted molar refractivity (Wildman–Crippen MR) is 66.9 cm³/mol. The van der Waals surface area contributed by atoms with Gasteiger partial charge in [0.05, 0.1) is 11.6 Å². The summed E-state index contributed by atoms with van der Waals surface area (Å²) in [5.74, 6) is -1.34. The molecule has 0 fully saturated rings. The molecule has 0 radical (unpaired) electrons. The number of rotatable bonds is 4. The molecular formula is C14H18F2N2. The summed E-state index contributed by atoms with van der Waals surface area (Å²) in [6, 6.07) is 3.84. The standard InChI is InChI=1S/C14H18F2N2/c1-14(2,3)4-5-18-9-11-12(15)6-10(8-17)7-13(11)16/h6-7,18H,4-5,9H2,1-3H3. The lowest BCUT2D eigenvalue weighted by atomic mass is 9.92. The van der Waals surface area contributed by atoms with Crippen LogP contribution < -0.4 is 5.32 Å². The minimum atomic E-state index is -0.671. The molecule has 98 valence electrons. The zero-order valence-electron chi connectivity index (χ0n) is 11.0. The molecule has 0 aliphatic rings. The van der Waals surface area contributed by atoms with E-state index in [-0.39, 0.29) is 23.1 Å². The van der Waals surface area contributed by atoms with E-state index in [4.69, 9.17) is 5.26 Å². The SMILES string of the molecule is CC(C)(C)CCNCc1c(F)cc(C#N)cc1F. The van der Waals surface area contributed by atoms with Crippen LogP contribution in [-0.2, 0) is 6.54 Å². The van der Waals surface area contributed by atoms with Crippen LogP contribution in [0.2, 0.25) is 0 Å². The second kappa shape index (κ2) is 5.92. The van der Waals surface area contributed by atoms with Crippen molar-refractivity contribution in [3.05, 3.63) is 34.9 Å². The van der Waals surface area contributed by atoms with Crippen molar-refractivity contribution in [1.82, 2.24) is 5.32 Å². The second-order valence-corrected chi connectivity index (χ2v) is 5.52. The molecule has 0 amide bonds. The van der Waals surface area contributed by atoms with E-state index in [1.54, 1.807) is 6.07 Å². The maximum absolute atomic E-state index is 13.5. The monoisotopic (exact) mass is 252 g/mol. The summed E-state index contributed by atoms with van der Waals surface area (Å²) in [6.07, 6.45) is 0.923. The third kappa shape index (κ3) is 4.42. The molecule has 4 heteroatoms. The Morgan fingerprint density at radius 3 is 2.22 bits per heavy atom. The first-order valence-electron chi connectivity index (χ1n) is 5.92. The normalized spacial score (nSPS) is 11.3. The van der Waals surface area contributed by atoms with Crippen molar-refractivity contribution >= 4 is 0 Å². The van der Waals surface area contributed by atoms with Gasteiger partial charge in [-0.3, -0.25) is 0 Å². The van der Waals surface area contributed by atoms with Crippen molar-refractivity contribution in [1.29, 1.82) is 5.26 Å². The molecule has 0 bridgehead atoms. The number of nitriles is 1. The van der Waals surface area contributed by atoms with Gasteiger partial charge in [0, 0.05) is 12.1 Å². The van der Waals surface area contributed by atoms with Gasteiger partial charge in [0.15, 0.2) is 0 Å². The third-order valence-corrected chi connectivity index (χ3v) is 2.62. The fraction of sp³-hybridized carbons (Fsp3) is 0.500. The van der Waals surface area contributed by atoms with Gasteiger partial charge in [-0.1, -0.05) is 20.8 Å². The zero-order chi connectivity index (χ0) is 13.8. The lowest BCUT2D eigenvalue weighted by Gasteiger charge is -2.18. The highest BCUT2D eigenvalue weighted by atomic mass is 19.1. The summed E-state index contributed by atoms with van der Waals surface area (Å²) in [5.41, 5.74) is 0.181. The van der Waals surface area contributed by atoms with Gasteiger partial charge in [0.2, 0.25) is 0 Å². The van der Waals surface area contributed by atoms with E-state index >= 15 is 0 Å². The fourth-order valence-corrected chi connectivity index (χ4v) is 1.51. The molecule has 0 saturated heterocycles. The van der Waals surface area contributed by atoms with Crippen LogP contribution in [0.15, 0.2) is 12.1 Å². The van der Waals surface area contributed by atoms with Crippen molar-refractivity contribution < 1.29 is 8.78 Å². The lowest BCUT2D eigenvalue weighted by molar-refractivity contribution is 0.365. The molecule has 0 aliphatic carbocycles. The molecule has 0 unspecified atom stereocenters. The van der Waals surface area contributed by atoms with Gasteiger partial charge in [-0.2, -0.15) is 5.26 Å². The predicted octanol–water partition coefficient (Wildman–Crippen LogP) is 3.36. The molecule has 1 N–H and O–H groups in total. The van der Waals surface area contributed by atoms with Crippen molar-refractivity contribution in [3.63, 3.8) is 0 Å². The van der Waals surface area contributed by atoms with Crippen LogP contribution in [0.1, 0.15) is 38.3 Å². The number of nitrogens with zero attached hydrogens (tertiary/aromatic N) is 1. The Balaban J connectivity index is 2.61. The average molecular weight is 252 g/mol. The molecule has 0 atom stereocenters. The summed E-state index contributed by atoms with van der Waals surface area (Å²) < 4.78 is 27.1. The molecule has 0 aliphatic heterocycles. The largest absolute Gasteiger partial charge is 0.312 e. The molecule has 0 heterocycles. The molecule has 0 saturated carbocycles. The van der Waals surface area contributed by atoms with E-state index in [2.05, 4.69) is 26.1 Å². The van der Waals surface area contributed by atoms with Crippen LogP contribution in [-0.4, -0.2) is 6.54 Å². The first-order chi connectivity index (χ1) is 8.33. The van der Waals surface area contributed by atoms with Gasteiger partial charge >= 0.3 is 0 Å². The minimum Gasteiger partial charge on any atom is -0.312 e. The minimum absolute atomic E-state index is 0.00319. The molecule has 2 nitrogen and oxygen atoms in total.